The molecule has 1 unspecified atom stereocenters. The van der Waals surface area contributed by atoms with Crippen molar-refractivity contribution in [1.29, 1.82) is 0 Å². The molecular weight excluding hydrogens is 150 g/mol. The number of hydrogen-bond acceptors (Lipinski definition) is 2. The van der Waals surface area contributed by atoms with E-state index in [0.29, 0.717) is 12.6 Å². The van der Waals surface area contributed by atoms with Crippen LogP contribution >= 0.6 is 0 Å². The fourth-order valence-electron chi connectivity index (χ4n) is 1.67. The van der Waals surface area contributed by atoms with E-state index in [4.69, 9.17) is 5.11 Å². The third kappa shape index (κ3) is 3.11. The van der Waals surface area contributed by atoms with Gasteiger partial charge in [-0.3, -0.25) is 0 Å². The minimum Gasteiger partial charge on any atom is -0.396 e. The largest absolute Gasteiger partial charge is 0.396 e. The van der Waals surface area contributed by atoms with E-state index >= 15 is 0 Å². The van der Waals surface area contributed by atoms with Gasteiger partial charge in [0.2, 0.25) is 0 Å². The zero-order chi connectivity index (χ0) is 8.81. The molecule has 0 radical (unpaired) electrons. The molecule has 0 aliphatic heterocycles. The summed E-state index contributed by atoms with van der Waals surface area (Å²) in [6.45, 7) is 3.68. The van der Waals surface area contributed by atoms with Crippen molar-refractivity contribution >= 4 is 0 Å². The minimum atomic E-state index is 0.333. The molecule has 0 saturated heterocycles. The van der Waals surface area contributed by atoms with E-state index in [1.54, 1.807) is 0 Å². The predicted molar refractivity (Wildman–Crippen MR) is 51.1 cm³/mol. The quantitative estimate of drug-likeness (QED) is 0.594. The SMILES string of the molecule is CC(NCCCCO)C1CCC1. The Morgan fingerprint density at radius 1 is 1.42 bits per heavy atom. The maximum absolute atomic E-state index is 8.57. The lowest BCUT2D eigenvalue weighted by Crippen LogP contribution is -2.37. The van der Waals surface area contributed by atoms with Gasteiger partial charge >= 0.3 is 0 Å². The minimum absolute atomic E-state index is 0.333. The molecular formula is C10H21NO. The van der Waals surface area contributed by atoms with Crippen LogP contribution in [0.1, 0.15) is 39.0 Å². The molecule has 1 atom stereocenters. The Labute approximate surface area is 75.4 Å². The van der Waals surface area contributed by atoms with Gasteiger partial charge < -0.3 is 10.4 Å². The first-order valence-corrected chi connectivity index (χ1v) is 5.19. The molecule has 0 heterocycles. The van der Waals surface area contributed by atoms with Gasteiger partial charge in [0, 0.05) is 12.6 Å². The third-order valence-electron chi connectivity index (χ3n) is 2.91. The highest BCUT2D eigenvalue weighted by atomic mass is 16.2. The third-order valence-corrected chi connectivity index (χ3v) is 2.91. The van der Waals surface area contributed by atoms with Gasteiger partial charge in [-0.15, -0.1) is 0 Å². The molecule has 1 aliphatic carbocycles. The summed E-state index contributed by atoms with van der Waals surface area (Å²) in [5.74, 6) is 0.930. The topological polar surface area (TPSA) is 32.3 Å². The van der Waals surface area contributed by atoms with Crippen molar-refractivity contribution in [1.82, 2.24) is 5.32 Å². The zero-order valence-electron chi connectivity index (χ0n) is 8.05. The van der Waals surface area contributed by atoms with E-state index < -0.39 is 0 Å². The first-order chi connectivity index (χ1) is 5.84. The van der Waals surface area contributed by atoms with Gasteiger partial charge in [0.1, 0.15) is 0 Å². The Morgan fingerprint density at radius 3 is 2.67 bits per heavy atom. The molecule has 1 aliphatic rings. The van der Waals surface area contributed by atoms with Gasteiger partial charge in [-0.2, -0.15) is 0 Å². The summed E-state index contributed by atoms with van der Waals surface area (Å²) in [7, 11) is 0. The lowest BCUT2D eigenvalue weighted by atomic mass is 9.80. The van der Waals surface area contributed by atoms with Crippen LogP contribution in [0.5, 0.6) is 0 Å². The molecule has 0 aromatic heterocycles. The predicted octanol–water partition coefficient (Wildman–Crippen LogP) is 1.54. The van der Waals surface area contributed by atoms with Crippen LogP contribution in [0.15, 0.2) is 0 Å². The van der Waals surface area contributed by atoms with Crippen LogP contribution < -0.4 is 5.32 Å². The van der Waals surface area contributed by atoms with E-state index in [2.05, 4.69) is 12.2 Å². The number of aliphatic hydroxyl groups excluding tert-OH is 1. The normalized spacial score (nSPS) is 20.5. The molecule has 1 saturated carbocycles. The highest BCUT2D eigenvalue weighted by molar-refractivity contribution is 4.79. The van der Waals surface area contributed by atoms with Crippen molar-refractivity contribution in [3.8, 4) is 0 Å². The smallest absolute Gasteiger partial charge is 0.0431 e. The average Bonchev–Trinajstić information content (AvgIpc) is 1.95. The highest BCUT2D eigenvalue weighted by Gasteiger charge is 2.22. The van der Waals surface area contributed by atoms with Crippen molar-refractivity contribution in [2.24, 2.45) is 5.92 Å². The summed E-state index contributed by atoms with van der Waals surface area (Å²) in [5, 5.41) is 12.1. The van der Waals surface area contributed by atoms with Crippen molar-refractivity contribution in [2.75, 3.05) is 13.2 Å². The Bertz CT molecular complexity index is 112. The second-order valence-electron chi connectivity index (χ2n) is 3.86. The fraction of sp³-hybridized carbons (Fsp3) is 1.00. The van der Waals surface area contributed by atoms with Crippen molar-refractivity contribution in [3.63, 3.8) is 0 Å². The molecule has 0 spiro atoms. The van der Waals surface area contributed by atoms with Crippen LogP contribution in [-0.4, -0.2) is 24.3 Å². The van der Waals surface area contributed by atoms with Crippen LogP contribution in [0.2, 0.25) is 0 Å². The number of rotatable bonds is 6. The van der Waals surface area contributed by atoms with Crippen LogP contribution in [0.3, 0.4) is 0 Å². The van der Waals surface area contributed by atoms with Gasteiger partial charge in [0.05, 0.1) is 0 Å². The van der Waals surface area contributed by atoms with Crippen molar-refractivity contribution in [2.45, 2.75) is 45.1 Å². The number of nitrogens with one attached hydrogen (secondary N) is 1. The summed E-state index contributed by atoms with van der Waals surface area (Å²) in [6, 6.07) is 0.692. The van der Waals surface area contributed by atoms with Crippen LogP contribution in [0.4, 0.5) is 0 Å². The summed E-state index contributed by atoms with van der Waals surface area (Å²) >= 11 is 0. The van der Waals surface area contributed by atoms with E-state index in [1.807, 2.05) is 0 Å². The molecule has 0 aromatic carbocycles. The van der Waals surface area contributed by atoms with Crippen molar-refractivity contribution in [3.05, 3.63) is 0 Å². The molecule has 12 heavy (non-hydrogen) atoms. The second-order valence-corrected chi connectivity index (χ2v) is 3.86. The standard InChI is InChI=1S/C10H21NO/c1-9(10-5-4-6-10)11-7-2-3-8-12/h9-12H,2-8H2,1H3. The maximum atomic E-state index is 8.57. The van der Waals surface area contributed by atoms with Gasteiger partial charge in [0.15, 0.2) is 0 Å². The summed E-state index contributed by atoms with van der Waals surface area (Å²) < 4.78 is 0. The van der Waals surface area contributed by atoms with Gasteiger partial charge in [0.25, 0.3) is 0 Å². The summed E-state index contributed by atoms with van der Waals surface area (Å²) in [4.78, 5) is 0. The molecule has 1 rings (SSSR count). The van der Waals surface area contributed by atoms with Crippen LogP contribution in [-0.2, 0) is 0 Å². The molecule has 2 N–H and O–H groups in total. The lowest BCUT2D eigenvalue weighted by Gasteiger charge is -2.32. The highest BCUT2D eigenvalue weighted by Crippen LogP contribution is 2.29. The molecule has 72 valence electrons. The zero-order valence-corrected chi connectivity index (χ0v) is 8.05. The van der Waals surface area contributed by atoms with Gasteiger partial charge in [-0.1, -0.05) is 6.42 Å². The van der Waals surface area contributed by atoms with E-state index in [9.17, 15) is 0 Å². The first kappa shape index (κ1) is 10.0. The first-order valence-electron chi connectivity index (χ1n) is 5.19. The second kappa shape index (κ2) is 5.55. The maximum Gasteiger partial charge on any atom is 0.0431 e. The summed E-state index contributed by atoms with van der Waals surface area (Å²) in [5.41, 5.74) is 0. The monoisotopic (exact) mass is 171 g/mol. The fourth-order valence-corrected chi connectivity index (χ4v) is 1.67. The lowest BCUT2D eigenvalue weighted by molar-refractivity contribution is 0.236. The van der Waals surface area contributed by atoms with E-state index in [0.717, 1.165) is 25.3 Å². The number of unbranched alkanes of at least 4 members (excludes halogenated alkanes) is 1. The van der Waals surface area contributed by atoms with E-state index in [1.165, 1.54) is 19.3 Å². The van der Waals surface area contributed by atoms with Crippen molar-refractivity contribution < 1.29 is 5.11 Å². The summed E-state index contributed by atoms with van der Waals surface area (Å²) in [6.07, 6.45) is 6.29. The van der Waals surface area contributed by atoms with Crippen LogP contribution in [0.25, 0.3) is 0 Å². The number of aliphatic hydroxyl groups is 1. The molecule has 1 fully saturated rings. The molecule has 2 nitrogen and oxygen atoms in total. The van der Waals surface area contributed by atoms with Crippen LogP contribution in [0, 0.1) is 5.92 Å². The Kier molecular flexibility index (Phi) is 4.62. The molecule has 0 amide bonds. The van der Waals surface area contributed by atoms with Gasteiger partial charge in [-0.05, 0) is 45.1 Å². The molecule has 2 heteroatoms. The van der Waals surface area contributed by atoms with Gasteiger partial charge in [-0.25, -0.2) is 0 Å². The molecule has 0 aromatic rings. The Balaban J connectivity index is 1.91. The average molecular weight is 171 g/mol. The number of hydrogen-bond donors (Lipinski definition) is 2. The Morgan fingerprint density at radius 2 is 2.17 bits per heavy atom. The van der Waals surface area contributed by atoms with E-state index in [-0.39, 0.29) is 0 Å². The Hall–Kier alpha value is -0.0800. The molecule has 0 bridgehead atoms.